The van der Waals surface area contributed by atoms with Crippen LogP contribution in [-0.2, 0) is 16.0 Å². The Morgan fingerprint density at radius 3 is 2.44 bits per heavy atom. The summed E-state index contributed by atoms with van der Waals surface area (Å²) >= 11 is 0. The molecule has 0 unspecified atom stereocenters. The van der Waals surface area contributed by atoms with Gasteiger partial charge in [0.25, 0.3) is 5.91 Å². The zero-order valence-electron chi connectivity index (χ0n) is 22.3. The van der Waals surface area contributed by atoms with E-state index >= 15 is 0 Å². The van der Waals surface area contributed by atoms with Gasteiger partial charge in [-0.15, -0.1) is 0 Å². The number of hydrazine groups is 1. The van der Waals surface area contributed by atoms with Gasteiger partial charge in [-0.1, -0.05) is 59.7 Å². The van der Waals surface area contributed by atoms with Gasteiger partial charge in [0.15, 0.2) is 11.6 Å². The monoisotopic (exact) mass is 560 g/mol. The van der Waals surface area contributed by atoms with Crippen LogP contribution in [0.5, 0.6) is 5.75 Å². The molecule has 0 saturated heterocycles. The zero-order chi connectivity index (χ0) is 29.1. The number of aliphatic hydroxyl groups is 3. The standard InChI is InChI=1S/C29H32N6O6/c30-35-33-25-10-5-4-9-24(25)26-29(17-20-7-2-1-3-8-20,28(39)34-32-22(18-37)19-38)31-27(41-26)21-11-13-23(14-12-21)40-16-6-15-36/h1-5,7-14,22,26,32,36-38H,6,15-19H2,(H,34,39)/t26-,29-/m0/s1. The second-order valence-corrected chi connectivity index (χ2v) is 9.36. The predicted octanol–water partition coefficient (Wildman–Crippen LogP) is 2.86. The number of hydrogen-bond donors (Lipinski definition) is 5. The van der Waals surface area contributed by atoms with Crippen LogP contribution in [0, 0.1) is 0 Å². The average molecular weight is 561 g/mol. The molecule has 0 aliphatic carbocycles. The van der Waals surface area contributed by atoms with Crippen LogP contribution in [0.25, 0.3) is 10.4 Å². The number of carbonyl (C=O) groups is 1. The molecule has 4 rings (SSSR count). The van der Waals surface area contributed by atoms with Crippen LogP contribution < -0.4 is 15.6 Å². The first-order valence-electron chi connectivity index (χ1n) is 13.1. The van der Waals surface area contributed by atoms with Gasteiger partial charge in [0.05, 0.1) is 25.9 Å². The minimum Gasteiger partial charge on any atom is -0.494 e. The van der Waals surface area contributed by atoms with Crippen molar-refractivity contribution in [1.29, 1.82) is 0 Å². The van der Waals surface area contributed by atoms with Gasteiger partial charge in [0.1, 0.15) is 5.75 Å². The molecule has 3 aromatic carbocycles. The highest BCUT2D eigenvalue weighted by Gasteiger charge is 2.54. The fraction of sp³-hybridized carbons (Fsp3) is 0.310. The Morgan fingerprint density at radius 1 is 1.05 bits per heavy atom. The summed E-state index contributed by atoms with van der Waals surface area (Å²) in [5.74, 6) is 0.218. The third-order valence-electron chi connectivity index (χ3n) is 6.55. The molecule has 1 amide bonds. The second-order valence-electron chi connectivity index (χ2n) is 9.36. The number of amides is 1. The molecule has 2 atom stereocenters. The van der Waals surface area contributed by atoms with Crippen LogP contribution in [-0.4, -0.2) is 65.1 Å². The van der Waals surface area contributed by atoms with Gasteiger partial charge in [-0.3, -0.25) is 10.2 Å². The van der Waals surface area contributed by atoms with Crippen molar-refractivity contribution in [2.45, 2.75) is 30.5 Å². The van der Waals surface area contributed by atoms with E-state index in [1.165, 1.54) is 0 Å². The Labute approximate surface area is 236 Å². The van der Waals surface area contributed by atoms with Crippen molar-refractivity contribution in [3.8, 4) is 5.75 Å². The Kier molecular flexibility index (Phi) is 10.3. The van der Waals surface area contributed by atoms with Crippen LogP contribution in [0.1, 0.15) is 29.2 Å². The molecule has 12 heteroatoms. The van der Waals surface area contributed by atoms with Crippen molar-refractivity contribution < 1.29 is 29.6 Å². The van der Waals surface area contributed by atoms with Gasteiger partial charge in [-0.05, 0) is 35.4 Å². The summed E-state index contributed by atoms with van der Waals surface area (Å²) in [4.78, 5) is 21.9. The molecule has 3 aromatic rings. The lowest BCUT2D eigenvalue weighted by Gasteiger charge is -2.32. The summed E-state index contributed by atoms with van der Waals surface area (Å²) in [5, 5.41) is 31.9. The van der Waals surface area contributed by atoms with E-state index in [1.807, 2.05) is 30.3 Å². The van der Waals surface area contributed by atoms with Crippen LogP contribution in [0.4, 0.5) is 5.69 Å². The van der Waals surface area contributed by atoms with E-state index in [4.69, 9.17) is 19.6 Å². The smallest absolute Gasteiger partial charge is 0.266 e. The van der Waals surface area contributed by atoms with E-state index in [0.29, 0.717) is 29.9 Å². The molecule has 1 aliphatic rings. The van der Waals surface area contributed by atoms with Gasteiger partial charge in [-0.25, -0.2) is 10.4 Å². The molecular weight excluding hydrogens is 528 g/mol. The van der Waals surface area contributed by atoms with E-state index in [0.717, 1.165) is 5.56 Å². The topological polar surface area (TPSA) is 181 Å². The van der Waals surface area contributed by atoms with Gasteiger partial charge in [0, 0.05) is 41.2 Å². The molecule has 1 aliphatic heterocycles. The van der Waals surface area contributed by atoms with E-state index < -0.39 is 36.8 Å². The Balaban J connectivity index is 1.81. The molecule has 0 radical (unpaired) electrons. The first kappa shape index (κ1) is 29.5. The number of nitrogens with zero attached hydrogens (tertiary/aromatic N) is 4. The second kappa shape index (κ2) is 14.3. The summed E-state index contributed by atoms with van der Waals surface area (Å²) in [6.07, 6.45) is -0.392. The third-order valence-corrected chi connectivity index (χ3v) is 6.55. The molecular formula is C29H32N6O6. The first-order valence-corrected chi connectivity index (χ1v) is 13.1. The Hall–Kier alpha value is -4.45. The number of benzene rings is 3. The predicted molar refractivity (Wildman–Crippen MR) is 151 cm³/mol. The summed E-state index contributed by atoms with van der Waals surface area (Å²) in [7, 11) is 0. The molecule has 214 valence electrons. The lowest BCUT2D eigenvalue weighted by atomic mass is 9.81. The van der Waals surface area contributed by atoms with Crippen LogP contribution in [0.15, 0.2) is 89.0 Å². The van der Waals surface area contributed by atoms with Crippen LogP contribution in [0.3, 0.4) is 0 Å². The van der Waals surface area contributed by atoms with Crippen LogP contribution >= 0.6 is 0 Å². The Morgan fingerprint density at radius 2 is 1.76 bits per heavy atom. The Bertz CT molecular complexity index is 1380. The molecule has 1 heterocycles. The summed E-state index contributed by atoms with van der Waals surface area (Å²) in [6, 6.07) is 22.3. The molecule has 12 nitrogen and oxygen atoms in total. The third kappa shape index (κ3) is 7.01. The zero-order valence-corrected chi connectivity index (χ0v) is 22.3. The van der Waals surface area contributed by atoms with E-state index in [2.05, 4.69) is 20.9 Å². The maximum atomic E-state index is 14.1. The number of rotatable bonds is 14. The minimum atomic E-state index is -1.59. The van der Waals surface area contributed by atoms with Gasteiger partial charge >= 0.3 is 0 Å². The first-order chi connectivity index (χ1) is 20.0. The van der Waals surface area contributed by atoms with Crippen LogP contribution in [0.2, 0.25) is 0 Å². The van der Waals surface area contributed by atoms with Crippen molar-refractivity contribution in [1.82, 2.24) is 10.9 Å². The molecule has 5 N–H and O–H groups in total. The number of carbonyl (C=O) groups excluding carboxylic acids is 1. The number of ether oxygens (including phenoxy) is 2. The maximum absolute atomic E-state index is 14.1. The van der Waals surface area contributed by atoms with Gasteiger partial charge in [0.2, 0.25) is 5.90 Å². The van der Waals surface area contributed by atoms with E-state index in [-0.39, 0.29) is 24.6 Å². The van der Waals surface area contributed by atoms with Crippen molar-refractivity contribution in [2.75, 3.05) is 26.4 Å². The average Bonchev–Trinajstić information content (AvgIpc) is 3.39. The molecule has 0 bridgehead atoms. The van der Waals surface area contributed by atoms with Crippen molar-refractivity contribution in [3.05, 3.63) is 106 Å². The summed E-state index contributed by atoms with van der Waals surface area (Å²) in [6.45, 7) is -0.437. The lowest BCUT2D eigenvalue weighted by molar-refractivity contribution is -0.130. The highest BCUT2D eigenvalue weighted by molar-refractivity contribution is 6.01. The number of aliphatic imine (C=N–C) groups is 1. The number of hydrogen-bond acceptors (Lipinski definition) is 9. The SMILES string of the molecule is [N-]=[N+]=Nc1ccccc1[C@@H]1OC(c2ccc(OCCCO)cc2)=N[C@]1(Cc1ccccc1)C(=O)NNC(CO)CO. The lowest BCUT2D eigenvalue weighted by Crippen LogP contribution is -2.57. The van der Waals surface area contributed by atoms with Crippen molar-refractivity contribution in [2.24, 2.45) is 10.1 Å². The normalized spacial score (nSPS) is 17.9. The van der Waals surface area contributed by atoms with Gasteiger partial charge in [-0.2, -0.15) is 0 Å². The number of azide groups is 1. The number of aliphatic hydroxyl groups excluding tert-OH is 3. The van der Waals surface area contributed by atoms with E-state index in [1.54, 1.807) is 48.5 Å². The van der Waals surface area contributed by atoms with E-state index in [9.17, 15) is 20.5 Å². The summed E-state index contributed by atoms with van der Waals surface area (Å²) in [5.41, 5.74) is 15.0. The minimum absolute atomic E-state index is 0.0270. The fourth-order valence-corrected chi connectivity index (χ4v) is 4.44. The van der Waals surface area contributed by atoms with Crippen molar-refractivity contribution >= 4 is 17.5 Å². The molecule has 0 spiro atoms. The fourth-order valence-electron chi connectivity index (χ4n) is 4.44. The molecule has 0 aromatic heterocycles. The molecule has 0 fully saturated rings. The van der Waals surface area contributed by atoms with Gasteiger partial charge < -0.3 is 24.8 Å². The molecule has 41 heavy (non-hydrogen) atoms. The number of nitrogens with one attached hydrogen (secondary N) is 2. The largest absolute Gasteiger partial charge is 0.494 e. The summed E-state index contributed by atoms with van der Waals surface area (Å²) < 4.78 is 12.1. The van der Waals surface area contributed by atoms with Crippen molar-refractivity contribution in [3.63, 3.8) is 0 Å². The maximum Gasteiger partial charge on any atom is 0.266 e. The quantitative estimate of drug-likeness (QED) is 0.0660. The molecule has 0 saturated carbocycles. The highest BCUT2D eigenvalue weighted by atomic mass is 16.5. The highest BCUT2D eigenvalue weighted by Crippen LogP contribution is 2.45.